The molecule has 40 heavy (non-hydrogen) atoms. The van der Waals surface area contributed by atoms with E-state index < -0.39 is 0 Å². The lowest BCUT2D eigenvalue weighted by Gasteiger charge is -2.38. The predicted molar refractivity (Wildman–Crippen MR) is 172 cm³/mol. The molecule has 2 unspecified atom stereocenters. The van der Waals surface area contributed by atoms with E-state index in [1.54, 1.807) is 0 Å². The Balaban J connectivity index is 1.46. The van der Waals surface area contributed by atoms with E-state index in [-0.39, 0.29) is 12.2 Å². The second-order valence-corrected chi connectivity index (χ2v) is 11.7. The Kier molecular flexibility index (Phi) is 4.60. The monoisotopic (exact) mass is 531 g/mol. The van der Waals surface area contributed by atoms with Crippen molar-refractivity contribution in [3.63, 3.8) is 0 Å². The number of fused-ring (bicyclic) bond motifs is 11. The van der Waals surface area contributed by atoms with E-state index in [1.165, 1.54) is 58.3 Å². The molecule has 2 N–H and O–H groups in total. The van der Waals surface area contributed by atoms with E-state index in [0.717, 1.165) is 11.4 Å². The molecular weight excluding hydrogens is 506 g/mol. The zero-order chi connectivity index (χ0) is 26.2. The van der Waals surface area contributed by atoms with Gasteiger partial charge in [0.1, 0.15) is 6.17 Å². The number of anilines is 2. The molecule has 0 saturated heterocycles. The number of nitrogens with one attached hydrogen (secondary N) is 2. The number of para-hydroxylation sites is 3. The quantitative estimate of drug-likeness (QED) is 0.232. The maximum absolute atomic E-state index is 3.98. The van der Waals surface area contributed by atoms with Crippen molar-refractivity contribution in [2.45, 2.75) is 12.2 Å². The molecule has 2 atom stereocenters. The van der Waals surface area contributed by atoms with E-state index in [2.05, 4.69) is 143 Å². The van der Waals surface area contributed by atoms with Crippen LogP contribution in [0.5, 0.6) is 0 Å². The van der Waals surface area contributed by atoms with Crippen LogP contribution in [-0.2, 0) is 0 Å². The number of thiophene rings is 1. The minimum absolute atomic E-state index is 0.0342. The number of rotatable bonds is 2. The van der Waals surface area contributed by atoms with Gasteiger partial charge in [0.25, 0.3) is 0 Å². The molecule has 0 saturated carbocycles. The minimum Gasteiger partial charge on any atom is -0.373 e. The van der Waals surface area contributed by atoms with E-state index >= 15 is 0 Å². The van der Waals surface area contributed by atoms with Crippen LogP contribution in [0.2, 0.25) is 0 Å². The van der Waals surface area contributed by atoms with Crippen LogP contribution in [0.1, 0.15) is 17.8 Å². The highest BCUT2D eigenvalue weighted by Crippen LogP contribution is 2.50. The third-order valence-corrected chi connectivity index (χ3v) is 9.67. The molecule has 3 heterocycles. The molecule has 0 amide bonds. The molecule has 8 aromatic rings. The molecule has 0 spiro atoms. The SMILES string of the molecule is c1ccc(C2Nc3ccccc3NC2n2c3ccccc3c3c4sc5ccccc5c4c4ccccc4c32)cc1. The Hall–Kier alpha value is -4.80. The summed E-state index contributed by atoms with van der Waals surface area (Å²) in [6.45, 7) is 0. The van der Waals surface area contributed by atoms with Gasteiger partial charge in [-0.25, -0.2) is 0 Å². The Bertz CT molecular complexity index is 2240. The van der Waals surface area contributed by atoms with Crippen LogP contribution in [0, 0.1) is 0 Å². The second-order valence-electron chi connectivity index (χ2n) is 10.6. The van der Waals surface area contributed by atoms with Crippen LogP contribution in [0.4, 0.5) is 11.4 Å². The van der Waals surface area contributed by atoms with Gasteiger partial charge in [0.15, 0.2) is 0 Å². The van der Waals surface area contributed by atoms with E-state index in [0.29, 0.717) is 0 Å². The fourth-order valence-electron chi connectivity index (χ4n) is 6.81. The Morgan fingerprint density at radius 3 is 1.98 bits per heavy atom. The molecule has 1 aliphatic rings. The Labute approximate surface area is 235 Å². The molecule has 0 fully saturated rings. The van der Waals surface area contributed by atoms with Crippen molar-refractivity contribution < 1.29 is 0 Å². The van der Waals surface area contributed by atoms with E-state index in [9.17, 15) is 0 Å². The third kappa shape index (κ3) is 3.00. The maximum atomic E-state index is 3.98. The number of hydrogen-bond donors (Lipinski definition) is 2. The number of hydrogen-bond acceptors (Lipinski definition) is 3. The molecule has 0 radical (unpaired) electrons. The van der Waals surface area contributed by atoms with Crippen molar-refractivity contribution in [1.29, 1.82) is 0 Å². The summed E-state index contributed by atoms with van der Waals surface area (Å²) in [5.41, 5.74) is 6.04. The summed E-state index contributed by atoms with van der Waals surface area (Å²) in [5.74, 6) is 0. The van der Waals surface area contributed by atoms with Gasteiger partial charge in [0.05, 0.1) is 28.5 Å². The maximum Gasteiger partial charge on any atom is 0.129 e. The van der Waals surface area contributed by atoms with E-state index in [1.807, 2.05) is 11.3 Å². The van der Waals surface area contributed by atoms with Crippen molar-refractivity contribution in [3.05, 3.63) is 133 Å². The fraction of sp³-hybridized carbons (Fsp3) is 0.0556. The predicted octanol–water partition coefficient (Wildman–Crippen LogP) is 10.1. The summed E-state index contributed by atoms with van der Waals surface area (Å²) in [6, 6.07) is 46.2. The smallest absolute Gasteiger partial charge is 0.129 e. The van der Waals surface area contributed by atoms with Crippen LogP contribution in [-0.4, -0.2) is 4.57 Å². The summed E-state index contributed by atoms with van der Waals surface area (Å²) in [4.78, 5) is 0. The van der Waals surface area contributed by atoms with Gasteiger partial charge >= 0.3 is 0 Å². The first kappa shape index (κ1) is 22.1. The van der Waals surface area contributed by atoms with Gasteiger partial charge in [-0.05, 0) is 35.2 Å². The average molecular weight is 532 g/mol. The van der Waals surface area contributed by atoms with Gasteiger partial charge in [0.2, 0.25) is 0 Å². The standard InChI is InChI=1S/C36H25N3S/c1-2-12-22(13-3-1)33-36(38-28-19-9-8-18-27(28)37-33)39-29-20-10-6-16-25(29)32-34(39)24-15-5-4-14-23(24)31-26-17-7-11-21-30(26)40-35(31)32/h1-21,33,36-38H. The van der Waals surface area contributed by atoms with Crippen molar-refractivity contribution in [2.75, 3.05) is 10.6 Å². The first-order valence-electron chi connectivity index (χ1n) is 13.8. The fourth-order valence-corrected chi connectivity index (χ4v) is 8.08. The van der Waals surface area contributed by atoms with Crippen LogP contribution < -0.4 is 10.6 Å². The highest BCUT2D eigenvalue weighted by atomic mass is 32.1. The summed E-state index contributed by atoms with van der Waals surface area (Å²) in [6.07, 6.45) is -0.0464. The van der Waals surface area contributed by atoms with Crippen molar-refractivity contribution in [2.24, 2.45) is 0 Å². The molecule has 2 aromatic heterocycles. The average Bonchev–Trinajstić information content (AvgIpc) is 3.58. The summed E-state index contributed by atoms with van der Waals surface area (Å²) >= 11 is 1.92. The van der Waals surface area contributed by atoms with Gasteiger partial charge < -0.3 is 15.2 Å². The molecule has 0 aliphatic carbocycles. The molecule has 1 aliphatic heterocycles. The molecule has 0 bridgehead atoms. The second kappa shape index (κ2) is 8.35. The lowest BCUT2D eigenvalue weighted by molar-refractivity contribution is 0.507. The van der Waals surface area contributed by atoms with Gasteiger partial charge in [-0.15, -0.1) is 11.3 Å². The van der Waals surface area contributed by atoms with Gasteiger partial charge in [-0.3, -0.25) is 0 Å². The molecule has 4 heteroatoms. The largest absolute Gasteiger partial charge is 0.373 e. The van der Waals surface area contributed by atoms with Crippen molar-refractivity contribution in [1.82, 2.24) is 4.57 Å². The summed E-state index contributed by atoms with van der Waals surface area (Å²) in [5, 5.41) is 15.8. The first-order chi connectivity index (χ1) is 19.9. The summed E-state index contributed by atoms with van der Waals surface area (Å²) < 4.78 is 5.27. The van der Waals surface area contributed by atoms with Crippen LogP contribution in [0.25, 0.3) is 52.8 Å². The summed E-state index contributed by atoms with van der Waals surface area (Å²) in [7, 11) is 0. The lowest BCUT2D eigenvalue weighted by Crippen LogP contribution is -2.34. The van der Waals surface area contributed by atoms with Crippen LogP contribution in [0.15, 0.2) is 127 Å². The lowest BCUT2D eigenvalue weighted by atomic mass is 9.98. The highest BCUT2D eigenvalue weighted by molar-refractivity contribution is 7.27. The number of benzene rings is 6. The Morgan fingerprint density at radius 2 is 1.15 bits per heavy atom. The van der Waals surface area contributed by atoms with E-state index in [4.69, 9.17) is 0 Å². The molecule has 3 nitrogen and oxygen atoms in total. The molecule has 9 rings (SSSR count). The topological polar surface area (TPSA) is 29.0 Å². The first-order valence-corrected chi connectivity index (χ1v) is 14.6. The van der Waals surface area contributed by atoms with Crippen molar-refractivity contribution >= 4 is 75.5 Å². The minimum atomic E-state index is -0.0464. The van der Waals surface area contributed by atoms with Gasteiger partial charge in [-0.2, -0.15) is 0 Å². The van der Waals surface area contributed by atoms with Crippen LogP contribution >= 0.6 is 11.3 Å². The number of aromatic nitrogens is 1. The number of nitrogens with zero attached hydrogens (tertiary/aromatic N) is 1. The normalized spacial score (nSPS) is 16.9. The van der Waals surface area contributed by atoms with Gasteiger partial charge in [0, 0.05) is 36.3 Å². The zero-order valence-corrected chi connectivity index (χ0v) is 22.5. The van der Waals surface area contributed by atoms with Crippen molar-refractivity contribution in [3.8, 4) is 0 Å². The van der Waals surface area contributed by atoms with Gasteiger partial charge in [-0.1, -0.05) is 103 Å². The van der Waals surface area contributed by atoms with Crippen LogP contribution in [0.3, 0.4) is 0 Å². The molecule has 190 valence electrons. The third-order valence-electron chi connectivity index (χ3n) is 8.48. The Morgan fingerprint density at radius 1 is 0.525 bits per heavy atom. The zero-order valence-electron chi connectivity index (χ0n) is 21.6. The molecule has 6 aromatic carbocycles. The highest BCUT2D eigenvalue weighted by Gasteiger charge is 2.33. The molecular formula is C36H25N3S.